The van der Waals surface area contributed by atoms with Gasteiger partial charge in [-0.25, -0.2) is 4.98 Å². The first kappa shape index (κ1) is 7.88. The highest BCUT2D eigenvalue weighted by atomic mass is 15.2. The molecule has 0 aromatic carbocycles. The number of rotatable bonds is 2. The molecule has 66 valence electrons. The molecule has 0 atom stereocenters. The summed E-state index contributed by atoms with van der Waals surface area (Å²) in [5.74, 6) is 0.738. The Hall–Kier alpha value is -1.75. The lowest BCUT2D eigenvalue weighted by atomic mass is 10.3. The van der Waals surface area contributed by atoms with Gasteiger partial charge < -0.3 is 5.73 Å². The molecular weight excluding hydrogens is 166 g/mol. The molecule has 2 heterocycles. The Balaban J connectivity index is 2.51. The first-order chi connectivity index (χ1) is 6.42. The zero-order valence-electron chi connectivity index (χ0n) is 6.96. The fourth-order valence-electron chi connectivity index (χ4n) is 1.11. The van der Waals surface area contributed by atoms with Crippen molar-refractivity contribution in [3.05, 3.63) is 36.5 Å². The maximum Gasteiger partial charge on any atom is 0.165 e. The summed E-state index contributed by atoms with van der Waals surface area (Å²) in [6.45, 7) is 0.447. The third kappa shape index (κ3) is 1.41. The average Bonchev–Trinajstić information content (AvgIpc) is 2.70. The second kappa shape index (κ2) is 3.32. The van der Waals surface area contributed by atoms with Crippen molar-refractivity contribution in [1.29, 1.82) is 0 Å². The predicted molar refractivity (Wildman–Crippen MR) is 47.0 cm³/mol. The molecule has 2 rings (SSSR count). The smallest absolute Gasteiger partial charge is 0.165 e. The second-order valence-electron chi connectivity index (χ2n) is 2.55. The topological polar surface area (TPSA) is 69.6 Å². The van der Waals surface area contributed by atoms with Crippen molar-refractivity contribution in [2.45, 2.75) is 6.54 Å². The van der Waals surface area contributed by atoms with Gasteiger partial charge in [-0.2, -0.15) is 5.10 Å². The van der Waals surface area contributed by atoms with Crippen LogP contribution in [0.25, 0.3) is 5.82 Å². The zero-order chi connectivity index (χ0) is 9.10. The van der Waals surface area contributed by atoms with Gasteiger partial charge >= 0.3 is 0 Å². The summed E-state index contributed by atoms with van der Waals surface area (Å²) in [4.78, 5) is 3.93. The summed E-state index contributed by atoms with van der Waals surface area (Å²) in [5.41, 5.74) is 6.51. The van der Waals surface area contributed by atoms with E-state index in [9.17, 15) is 0 Å². The van der Waals surface area contributed by atoms with E-state index in [1.807, 2.05) is 12.3 Å². The summed E-state index contributed by atoms with van der Waals surface area (Å²) in [7, 11) is 0. The Morgan fingerprint density at radius 3 is 3.00 bits per heavy atom. The minimum absolute atomic E-state index is 0.447. The molecule has 0 aliphatic rings. The van der Waals surface area contributed by atoms with E-state index in [0.29, 0.717) is 6.54 Å². The predicted octanol–water partition coefficient (Wildman–Crippen LogP) is 0.121. The van der Waals surface area contributed by atoms with Gasteiger partial charge in [0, 0.05) is 24.5 Å². The van der Waals surface area contributed by atoms with Gasteiger partial charge in [-0.05, 0) is 6.07 Å². The van der Waals surface area contributed by atoms with E-state index in [1.54, 1.807) is 23.3 Å². The highest BCUT2D eigenvalue weighted by molar-refractivity contribution is 5.31. The van der Waals surface area contributed by atoms with Gasteiger partial charge in [-0.15, -0.1) is 5.10 Å². The monoisotopic (exact) mass is 175 g/mol. The van der Waals surface area contributed by atoms with Crippen molar-refractivity contribution in [1.82, 2.24) is 19.7 Å². The van der Waals surface area contributed by atoms with Crippen LogP contribution in [0.1, 0.15) is 5.56 Å². The highest BCUT2D eigenvalue weighted by Crippen LogP contribution is 2.07. The van der Waals surface area contributed by atoms with Crippen molar-refractivity contribution in [2.75, 3.05) is 0 Å². The van der Waals surface area contributed by atoms with Gasteiger partial charge in [0.2, 0.25) is 0 Å². The third-order valence-corrected chi connectivity index (χ3v) is 1.75. The zero-order valence-corrected chi connectivity index (χ0v) is 6.96. The van der Waals surface area contributed by atoms with Crippen LogP contribution in [-0.2, 0) is 6.54 Å². The first-order valence-electron chi connectivity index (χ1n) is 3.91. The van der Waals surface area contributed by atoms with Gasteiger partial charge in [0.25, 0.3) is 0 Å². The van der Waals surface area contributed by atoms with Gasteiger partial charge in [0.1, 0.15) is 6.33 Å². The summed E-state index contributed by atoms with van der Waals surface area (Å²) in [6, 6.07) is 1.85. The Morgan fingerprint density at radius 1 is 1.38 bits per heavy atom. The Labute approximate surface area is 75.2 Å². The molecule has 2 aromatic rings. The van der Waals surface area contributed by atoms with Crippen LogP contribution in [-0.4, -0.2) is 19.7 Å². The van der Waals surface area contributed by atoms with E-state index < -0.39 is 0 Å². The number of nitrogens with two attached hydrogens (primary N) is 1. The van der Waals surface area contributed by atoms with Gasteiger partial charge in [-0.3, -0.25) is 4.57 Å². The molecule has 13 heavy (non-hydrogen) atoms. The molecular formula is C8H9N5. The largest absolute Gasteiger partial charge is 0.326 e. The SMILES string of the molecule is NCc1ccnnc1-n1ccnc1. The molecule has 0 saturated carbocycles. The summed E-state index contributed by atoms with van der Waals surface area (Å²) in [6.07, 6.45) is 6.80. The number of aromatic nitrogens is 4. The van der Waals surface area contributed by atoms with Crippen LogP contribution in [0.15, 0.2) is 31.0 Å². The molecule has 5 nitrogen and oxygen atoms in total. The van der Waals surface area contributed by atoms with Crippen LogP contribution in [0.4, 0.5) is 0 Å². The molecule has 0 amide bonds. The third-order valence-electron chi connectivity index (χ3n) is 1.75. The van der Waals surface area contributed by atoms with Crippen molar-refractivity contribution in [3.8, 4) is 5.82 Å². The lowest BCUT2D eigenvalue weighted by Gasteiger charge is -2.04. The Kier molecular flexibility index (Phi) is 2.01. The Bertz CT molecular complexity index is 381. The summed E-state index contributed by atoms with van der Waals surface area (Å²) < 4.78 is 1.79. The Morgan fingerprint density at radius 2 is 2.31 bits per heavy atom. The van der Waals surface area contributed by atoms with Gasteiger partial charge in [0.05, 0.1) is 6.20 Å². The fourth-order valence-corrected chi connectivity index (χ4v) is 1.11. The molecule has 2 N–H and O–H groups in total. The quantitative estimate of drug-likeness (QED) is 0.703. The van der Waals surface area contributed by atoms with Gasteiger partial charge in [0.15, 0.2) is 5.82 Å². The molecule has 0 saturated heterocycles. The van der Waals surface area contributed by atoms with Crippen LogP contribution in [0.3, 0.4) is 0 Å². The summed E-state index contributed by atoms with van der Waals surface area (Å²) in [5, 5.41) is 7.78. The van der Waals surface area contributed by atoms with E-state index in [-0.39, 0.29) is 0 Å². The maximum atomic E-state index is 5.56. The maximum absolute atomic E-state index is 5.56. The van der Waals surface area contributed by atoms with Crippen LogP contribution >= 0.6 is 0 Å². The first-order valence-corrected chi connectivity index (χ1v) is 3.91. The molecule has 5 heteroatoms. The highest BCUT2D eigenvalue weighted by Gasteiger charge is 2.03. The number of hydrogen-bond acceptors (Lipinski definition) is 4. The molecule has 0 spiro atoms. The van der Waals surface area contributed by atoms with Crippen molar-refractivity contribution in [2.24, 2.45) is 5.73 Å². The molecule has 0 unspecified atom stereocenters. The molecule has 0 fully saturated rings. The fraction of sp³-hybridized carbons (Fsp3) is 0.125. The normalized spacial score (nSPS) is 10.2. The van der Waals surface area contributed by atoms with Crippen LogP contribution in [0.2, 0.25) is 0 Å². The lowest BCUT2D eigenvalue weighted by molar-refractivity contribution is 0.870. The molecule has 0 radical (unpaired) electrons. The minimum Gasteiger partial charge on any atom is -0.326 e. The van der Waals surface area contributed by atoms with Crippen LogP contribution < -0.4 is 5.73 Å². The van der Waals surface area contributed by atoms with Crippen molar-refractivity contribution < 1.29 is 0 Å². The van der Waals surface area contributed by atoms with Gasteiger partial charge in [-0.1, -0.05) is 0 Å². The lowest BCUT2D eigenvalue weighted by Crippen LogP contribution is -2.06. The van der Waals surface area contributed by atoms with E-state index >= 15 is 0 Å². The standard InChI is InChI=1S/C8H9N5/c9-5-7-1-2-11-12-8(7)13-4-3-10-6-13/h1-4,6H,5,9H2. The van der Waals surface area contributed by atoms with E-state index in [0.717, 1.165) is 11.4 Å². The molecule has 0 bridgehead atoms. The van der Waals surface area contributed by atoms with Crippen LogP contribution in [0.5, 0.6) is 0 Å². The van der Waals surface area contributed by atoms with E-state index in [1.165, 1.54) is 0 Å². The average molecular weight is 175 g/mol. The van der Waals surface area contributed by atoms with Crippen molar-refractivity contribution in [3.63, 3.8) is 0 Å². The van der Waals surface area contributed by atoms with E-state index in [4.69, 9.17) is 5.73 Å². The summed E-state index contributed by atoms with van der Waals surface area (Å²) >= 11 is 0. The molecule has 0 aliphatic heterocycles. The second-order valence-corrected chi connectivity index (χ2v) is 2.55. The molecule has 2 aromatic heterocycles. The molecule has 0 aliphatic carbocycles. The number of hydrogen-bond donors (Lipinski definition) is 1. The number of imidazole rings is 1. The minimum atomic E-state index is 0.447. The van der Waals surface area contributed by atoms with E-state index in [2.05, 4.69) is 15.2 Å². The van der Waals surface area contributed by atoms with Crippen molar-refractivity contribution >= 4 is 0 Å². The van der Waals surface area contributed by atoms with Crippen LogP contribution in [0, 0.1) is 0 Å². The number of nitrogens with zero attached hydrogens (tertiary/aromatic N) is 4.